The maximum atomic E-state index is 13.3. The maximum Gasteiger partial charge on any atom is 0.159 e. The summed E-state index contributed by atoms with van der Waals surface area (Å²) in [7, 11) is 1.89. The summed E-state index contributed by atoms with van der Waals surface area (Å²) in [5, 5.41) is 3.09. The Labute approximate surface area is 112 Å². The monoisotopic (exact) mass is 270 g/mol. The van der Waals surface area contributed by atoms with Crippen LogP contribution in [0.5, 0.6) is 0 Å². The van der Waals surface area contributed by atoms with E-state index in [1.54, 1.807) is 6.07 Å². The zero-order valence-corrected chi connectivity index (χ0v) is 11.3. The van der Waals surface area contributed by atoms with Crippen LogP contribution < -0.4 is 5.32 Å². The van der Waals surface area contributed by atoms with Crippen molar-refractivity contribution in [3.8, 4) is 0 Å². The number of hydrogen-bond acceptors (Lipinski definition) is 3. The molecule has 1 aliphatic heterocycles. The zero-order valence-electron chi connectivity index (χ0n) is 11.3. The highest BCUT2D eigenvalue weighted by molar-refractivity contribution is 5.21. The summed E-state index contributed by atoms with van der Waals surface area (Å²) < 4.78 is 31.9. The van der Waals surface area contributed by atoms with Gasteiger partial charge in [-0.3, -0.25) is 4.90 Å². The molecule has 1 aliphatic rings. The van der Waals surface area contributed by atoms with E-state index in [0.29, 0.717) is 6.61 Å². The fourth-order valence-corrected chi connectivity index (χ4v) is 2.43. The third kappa shape index (κ3) is 3.49. The number of rotatable bonds is 4. The van der Waals surface area contributed by atoms with Gasteiger partial charge in [-0.2, -0.15) is 0 Å². The molecule has 1 N–H and O–H groups in total. The third-order valence-corrected chi connectivity index (χ3v) is 3.58. The van der Waals surface area contributed by atoms with Crippen LogP contribution in [-0.2, 0) is 4.74 Å². The Kier molecular flexibility index (Phi) is 4.85. The number of benzene rings is 1. The summed E-state index contributed by atoms with van der Waals surface area (Å²) in [4.78, 5) is 2.23. The minimum Gasteiger partial charge on any atom is -0.374 e. The molecule has 0 radical (unpaired) electrons. The average Bonchev–Trinajstić information content (AvgIpc) is 2.42. The molecule has 0 aliphatic carbocycles. The van der Waals surface area contributed by atoms with Gasteiger partial charge >= 0.3 is 0 Å². The lowest BCUT2D eigenvalue weighted by Crippen LogP contribution is -2.46. The summed E-state index contributed by atoms with van der Waals surface area (Å²) >= 11 is 0. The maximum absolute atomic E-state index is 13.3. The van der Waals surface area contributed by atoms with Gasteiger partial charge in [0.05, 0.1) is 12.7 Å². The number of hydrogen-bond donors (Lipinski definition) is 1. The molecule has 1 aromatic carbocycles. The van der Waals surface area contributed by atoms with Crippen LogP contribution in [0.3, 0.4) is 0 Å². The number of halogens is 2. The molecule has 0 bridgehead atoms. The number of nitrogens with one attached hydrogen (secondary N) is 1. The van der Waals surface area contributed by atoms with Crippen molar-refractivity contribution in [1.29, 1.82) is 0 Å². The van der Waals surface area contributed by atoms with Gasteiger partial charge in [0.25, 0.3) is 0 Å². The van der Waals surface area contributed by atoms with Crippen LogP contribution in [0.15, 0.2) is 18.2 Å². The van der Waals surface area contributed by atoms with E-state index in [9.17, 15) is 8.78 Å². The smallest absolute Gasteiger partial charge is 0.159 e. The highest BCUT2D eigenvalue weighted by Gasteiger charge is 2.24. The van der Waals surface area contributed by atoms with Crippen molar-refractivity contribution in [3.05, 3.63) is 35.4 Å². The molecule has 5 heteroatoms. The molecule has 19 heavy (non-hydrogen) atoms. The molecule has 106 valence electrons. The van der Waals surface area contributed by atoms with Gasteiger partial charge < -0.3 is 10.1 Å². The molecular formula is C14H20F2N2O. The van der Waals surface area contributed by atoms with Crippen LogP contribution in [0.25, 0.3) is 0 Å². The summed E-state index contributed by atoms with van der Waals surface area (Å²) in [5.41, 5.74) is 0.795. The predicted molar refractivity (Wildman–Crippen MR) is 70.0 cm³/mol. The molecule has 0 spiro atoms. The Hall–Kier alpha value is -1.04. The highest BCUT2D eigenvalue weighted by Crippen LogP contribution is 2.23. The number of likely N-dealkylation sites (N-methyl/N-ethyl adjacent to an activating group) is 1. The molecule has 0 aromatic heterocycles. The van der Waals surface area contributed by atoms with Crippen molar-refractivity contribution in [3.63, 3.8) is 0 Å². The highest BCUT2D eigenvalue weighted by atomic mass is 19.2. The van der Waals surface area contributed by atoms with Crippen molar-refractivity contribution in [2.75, 3.05) is 33.3 Å². The first kappa shape index (κ1) is 14.4. The van der Waals surface area contributed by atoms with Gasteiger partial charge in [0.1, 0.15) is 0 Å². The van der Waals surface area contributed by atoms with E-state index in [1.165, 1.54) is 12.1 Å². The topological polar surface area (TPSA) is 24.5 Å². The molecule has 2 atom stereocenters. The second kappa shape index (κ2) is 6.41. The lowest BCUT2D eigenvalue weighted by atomic mass is 10.1. The van der Waals surface area contributed by atoms with Crippen LogP contribution in [0.2, 0.25) is 0 Å². The summed E-state index contributed by atoms with van der Waals surface area (Å²) in [6.07, 6.45) is 0.145. The molecule has 3 nitrogen and oxygen atoms in total. The number of morpholine rings is 1. The Bertz CT molecular complexity index is 426. The first-order valence-corrected chi connectivity index (χ1v) is 6.57. The van der Waals surface area contributed by atoms with Gasteiger partial charge in [-0.15, -0.1) is 0 Å². The van der Waals surface area contributed by atoms with Gasteiger partial charge in [0.2, 0.25) is 0 Å². The summed E-state index contributed by atoms with van der Waals surface area (Å²) in [6.45, 7) is 5.07. The molecule has 0 amide bonds. The van der Waals surface area contributed by atoms with E-state index >= 15 is 0 Å². The van der Waals surface area contributed by atoms with E-state index < -0.39 is 11.6 Å². The van der Waals surface area contributed by atoms with E-state index in [2.05, 4.69) is 10.2 Å². The van der Waals surface area contributed by atoms with Crippen molar-refractivity contribution < 1.29 is 13.5 Å². The van der Waals surface area contributed by atoms with Crippen LogP contribution >= 0.6 is 0 Å². The molecule has 1 aromatic rings. The van der Waals surface area contributed by atoms with Crippen LogP contribution in [-0.4, -0.2) is 44.3 Å². The van der Waals surface area contributed by atoms with Crippen molar-refractivity contribution in [2.24, 2.45) is 0 Å². The molecule has 2 rings (SSSR count). The van der Waals surface area contributed by atoms with Gasteiger partial charge in [-0.25, -0.2) is 8.78 Å². The van der Waals surface area contributed by atoms with Crippen molar-refractivity contribution in [2.45, 2.75) is 19.1 Å². The van der Waals surface area contributed by atoms with Gasteiger partial charge in [0.15, 0.2) is 11.6 Å². The third-order valence-electron chi connectivity index (χ3n) is 3.58. The minimum absolute atomic E-state index is 0.0540. The lowest BCUT2D eigenvalue weighted by molar-refractivity contribution is -0.0393. The molecule has 1 saturated heterocycles. The molecule has 1 fully saturated rings. The van der Waals surface area contributed by atoms with Crippen molar-refractivity contribution in [1.82, 2.24) is 10.2 Å². The van der Waals surface area contributed by atoms with E-state index in [-0.39, 0.29) is 12.1 Å². The Morgan fingerprint density at radius 3 is 2.89 bits per heavy atom. The fourth-order valence-electron chi connectivity index (χ4n) is 2.43. The Morgan fingerprint density at radius 2 is 2.21 bits per heavy atom. The molecule has 1 heterocycles. The van der Waals surface area contributed by atoms with Gasteiger partial charge in [-0.05, 0) is 31.7 Å². The van der Waals surface area contributed by atoms with Gasteiger partial charge in [0, 0.05) is 25.7 Å². The Morgan fingerprint density at radius 1 is 1.42 bits per heavy atom. The first-order valence-electron chi connectivity index (χ1n) is 6.57. The number of ether oxygens (including phenoxy) is 1. The standard InChI is InChI=1S/C14H20F2N2O/c1-10(11-3-4-13(15)14(16)7-11)18-5-6-19-12(9-18)8-17-2/h3-4,7,10,12,17H,5-6,8-9H2,1-2H3. The second-order valence-electron chi connectivity index (χ2n) is 4.89. The normalized spacial score (nSPS) is 22.4. The fraction of sp³-hybridized carbons (Fsp3) is 0.571. The molecular weight excluding hydrogens is 250 g/mol. The Balaban J connectivity index is 2.05. The van der Waals surface area contributed by atoms with E-state index in [1.807, 2.05) is 14.0 Å². The summed E-state index contributed by atoms with van der Waals surface area (Å²) in [5.74, 6) is -1.59. The zero-order chi connectivity index (χ0) is 13.8. The SMILES string of the molecule is CNCC1CN(C(C)c2ccc(F)c(F)c2)CCO1. The molecule has 0 saturated carbocycles. The minimum atomic E-state index is -0.800. The first-order chi connectivity index (χ1) is 9.11. The molecule has 2 unspecified atom stereocenters. The lowest BCUT2D eigenvalue weighted by Gasteiger charge is -2.37. The quantitative estimate of drug-likeness (QED) is 0.905. The van der Waals surface area contributed by atoms with Crippen LogP contribution in [0, 0.1) is 11.6 Å². The largest absolute Gasteiger partial charge is 0.374 e. The van der Waals surface area contributed by atoms with Crippen molar-refractivity contribution >= 4 is 0 Å². The second-order valence-corrected chi connectivity index (χ2v) is 4.89. The average molecular weight is 270 g/mol. The van der Waals surface area contributed by atoms with Crippen LogP contribution in [0.1, 0.15) is 18.5 Å². The summed E-state index contributed by atoms with van der Waals surface area (Å²) in [6, 6.07) is 4.17. The van der Waals surface area contributed by atoms with E-state index in [4.69, 9.17) is 4.74 Å². The van der Waals surface area contributed by atoms with E-state index in [0.717, 1.165) is 25.2 Å². The van der Waals surface area contributed by atoms with Crippen LogP contribution in [0.4, 0.5) is 8.78 Å². The van der Waals surface area contributed by atoms with Gasteiger partial charge in [-0.1, -0.05) is 6.07 Å². The predicted octanol–water partition coefficient (Wildman–Crippen LogP) is 1.95. The number of nitrogens with zero attached hydrogens (tertiary/aromatic N) is 1.